The van der Waals surface area contributed by atoms with Crippen LogP contribution in [0.4, 0.5) is 0 Å². The van der Waals surface area contributed by atoms with Crippen molar-refractivity contribution in [3.8, 4) is 0 Å². The summed E-state index contributed by atoms with van der Waals surface area (Å²) < 4.78 is 0. The summed E-state index contributed by atoms with van der Waals surface area (Å²) in [6.45, 7) is 12.3. The molecule has 1 aliphatic heterocycles. The van der Waals surface area contributed by atoms with Gasteiger partial charge in [0.05, 0.1) is 0 Å². The van der Waals surface area contributed by atoms with Crippen molar-refractivity contribution in [3.63, 3.8) is 0 Å². The number of likely N-dealkylation sites (N-methyl/N-ethyl adjacent to an activating group) is 1. The van der Waals surface area contributed by atoms with Gasteiger partial charge in [-0.25, -0.2) is 0 Å². The van der Waals surface area contributed by atoms with Gasteiger partial charge in [0.15, 0.2) is 0 Å². The highest BCUT2D eigenvalue weighted by atomic mass is 16.1. The maximum atomic E-state index is 9.06. The summed E-state index contributed by atoms with van der Waals surface area (Å²) in [6, 6.07) is 7.01. The Morgan fingerprint density at radius 2 is 1.89 bits per heavy atom. The third-order valence-corrected chi connectivity index (χ3v) is 3.37. The number of hydrogen-bond acceptors (Lipinski definition) is 2. The standard InChI is InChI=1S/C14H21N.C3H4O/c1-14(2,3)13-6-5-11-7-8-15(4)10-12(11)9-13;1-2-3-4/h5-6,9H,7-8,10H2,1-4H3;2-3H,1H2. The van der Waals surface area contributed by atoms with E-state index in [0.717, 1.165) is 6.54 Å². The molecule has 0 aromatic heterocycles. The lowest BCUT2D eigenvalue weighted by Gasteiger charge is -2.27. The van der Waals surface area contributed by atoms with Crippen molar-refractivity contribution in [2.45, 2.75) is 39.2 Å². The van der Waals surface area contributed by atoms with Gasteiger partial charge in [0.2, 0.25) is 0 Å². The van der Waals surface area contributed by atoms with Gasteiger partial charge in [0, 0.05) is 13.1 Å². The fourth-order valence-electron chi connectivity index (χ4n) is 2.16. The molecule has 19 heavy (non-hydrogen) atoms. The van der Waals surface area contributed by atoms with Gasteiger partial charge in [-0.3, -0.25) is 4.79 Å². The lowest BCUT2D eigenvalue weighted by atomic mass is 9.84. The minimum Gasteiger partial charge on any atom is -0.302 e. The molecular formula is C17H25NO. The topological polar surface area (TPSA) is 20.3 Å². The Morgan fingerprint density at radius 1 is 1.26 bits per heavy atom. The highest BCUT2D eigenvalue weighted by molar-refractivity contribution is 5.63. The number of hydrogen-bond donors (Lipinski definition) is 0. The van der Waals surface area contributed by atoms with Crippen molar-refractivity contribution in [3.05, 3.63) is 47.5 Å². The first kappa shape index (κ1) is 15.6. The van der Waals surface area contributed by atoms with E-state index in [1.54, 1.807) is 5.56 Å². The number of aldehydes is 1. The molecule has 0 atom stereocenters. The first-order valence-electron chi connectivity index (χ1n) is 6.75. The normalized spacial score (nSPS) is 14.9. The zero-order valence-electron chi connectivity index (χ0n) is 12.6. The van der Waals surface area contributed by atoms with Crippen LogP contribution in [0.25, 0.3) is 0 Å². The van der Waals surface area contributed by atoms with Gasteiger partial charge in [0.1, 0.15) is 6.29 Å². The van der Waals surface area contributed by atoms with Crippen LogP contribution in [0.1, 0.15) is 37.5 Å². The molecule has 0 radical (unpaired) electrons. The Labute approximate surface area is 117 Å². The van der Waals surface area contributed by atoms with Gasteiger partial charge in [-0.15, -0.1) is 0 Å². The fraction of sp³-hybridized carbons (Fsp3) is 0.471. The highest BCUT2D eigenvalue weighted by Crippen LogP contribution is 2.27. The first-order valence-corrected chi connectivity index (χ1v) is 6.75. The lowest BCUT2D eigenvalue weighted by Crippen LogP contribution is -2.27. The van der Waals surface area contributed by atoms with Crippen LogP contribution in [0.2, 0.25) is 0 Å². The van der Waals surface area contributed by atoms with Crippen LogP contribution in [0.5, 0.6) is 0 Å². The second kappa shape index (κ2) is 6.67. The van der Waals surface area contributed by atoms with Crippen molar-refractivity contribution in [1.82, 2.24) is 4.90 Å². The number of nitrogens with zero attached hydrogens (tertiary/aromatic N) is 1. The third kappa shape index (κ3) is 4.64. The average Bonchev–Trinajstić information content (AvgIpc) is 2.37. The van der Waals surface area contributed by atoms with E-state index in [1.165, 1.54) is 30.2 Å². The van der Waals surface area contributed by atoms with E-state index in [0.29, 0.717) is 6.29 Å². The minimum atomic E-state index is 0.269. The van der Waals surface area contributed by atoms with Crippen LogP contribution in [-0.4, -0.2) is 24.8 Å². The van der Waals surface area contributed by atoms with Crippen LogP contribution in [0.3, 0.4) is 0 Å². The van der Waals surface area contributed by atoms with Gasteiger partial charge in [-0.05, 0) is 41.6 Å². The van der Waals surface area contributed by atoms with E-state index in [1.807, 2.05) is 0 Å². The monoisotopic (exact) mass is 259 g/mol. The highest BCUT2D eigenvalue weighted by Gasteiger charge is 2.18. The molecule has 1 aromatic carbocycles. The summed E-state index contributed by atoms with van der Waals surface area (Å²) in [4.78, 5) is 11.5. The number of fused-ring (bicyclic) bond motifs is 1. The first-order chi connectivity index (χ1) is 8.88. The second-order valence-electron chi connectivity index (χ2n) is 6.09. The third-order valence-electron chi connectivity index (χ3n) is 3.37. The summed E-state index contributed by atoms with van der Waals surface area (Å²) in [7, 11) is 2.20. The maximum absolute atomic E-state index is 9.06. The molecule has 0 spiro atoms. The molecule has 104 valence electrons. The van der Waals surface area contributed by atoms with Gasteiger partial charge in [0.25, 0.3) is 0 Å². The molecule has 0 saturated carbocycles. The Kier molecular flexibility index (Phi) is 5.49. The number of allylic oxidation sites excluding steroid dienone is 1. The molecule has 2 rings (SSSR count). The zero-order valence-corrected chi connectivity index (χ0v) is 12.6. The Bertz CT molecular complexity index is 437. The summed E-state index contributed by atoms with van der Waals surface area (Å²) in [5.41, 5.74) is 4.79. The molecule has 1 aromatic rings. The predicted molar refractivity (Wildman–Crippen MR) is 81.4 cm³/mol. The van der Waals surface area contributed by atoms with E-state index in [-0.39, 0.29) is 5.41 Å². The molecule has 0 unspecified atom stereocenters. The summed E-state index contributed by atoms with van der Waals surface area (Å²) >= 11 is 0. The summed E-state index contributed by atoms with van der Waals surface area (Å²) in [5.74, 6) is 0. The van der Waals surface area contributed by atoms with Crippen LogP contribution in [0.15, 0.2) is 30.9 Å². The summed E-state index contributed by atoms with van der Waals surface area (Å²) in [6.07, 6.45) is 3.04. The molecular weight excluding hydrogens is 234 g/mol. The molecule has 2 heteroatoms. The van der Waals surface area contributed by atoms with E-state index >= 15 is 0 Å². The SMILES string of the molecule is C=CC=O.CN1CCc2ccc(C(C)(C)C)cc2C1. The Morgan fingerprint density at radius 3 is 2.42 bits per heavy atom. The molecule has 0 N–H and O–H groups in total. The van der Waals surface area contributed by atoms with E-state index in [4.69, 9.17) is 4.79 Å². The minimum absolute atomic E-state index is 0.269. The Balaban J connectivity index is 0.000000399. The van der Waals surface area contributed by atoms with Crippen molar-refractivity contribution in [1.29, 1.82) is 0 Å². The van der Waals surface area contributed by atoms with Crippen LogP contribution in [-0.2, 0) is 23.2 Å². The zero-order chi connectivity index (χ0) is 14.5. The average molecular weight is 259 g/mol. The molecule has 1 aliphatic rings. The van der Waals surface area contributed by atoms with Gasteiger partial charge in [-0.2, -0.15) is 0 Å². The molecule has 0 bridgehead atoms. The van der Waals surface area contributed by atoms with Gasteiger partial charge < -0.3 is 4.90 Å². The predicted octanol–water partition coefficient (Wildman–Crippen LogP) is 3.34. The fourth-order valence-corrected chi connectivity index (χ4v) is 2.16. The quantitative estimate of drug-likeness (QED) is 0.569. The molecule has 0 fully saturated rings. The maximum Gasteiger partial charge on any atom is 0.142 e. The molecule has 1 heterocycles. The number of carbonyl (C=O) groups is 1. The Hall–Kier alpha value is -1.41. The van der Waals surface area contributed by atoms with E-state index in [2.05, 4.69) is 57.5 Å². The van der Waals surface area contributed by atoms with Gasteiger partial charge >= 0.3 is 0 Å². The van der Waals surface area contributed by atoms with Crippen LogP contribution >= 0.6 is 0 Å². The van der Waals surface area contributed by atoms with E-state index in [9.17, 15) is 0 Å². The lowest BCUT2D eigenvalue weighted by molar-refractivity contribution is -0.104. The van der Waals surface area contributed by atoms with Gasteiger partial charge in [-0.1, -0.05) is 45.5 Å². The molecule has 0 saturated heterocycles. The molecule has 2 nitrogen and oxygen atoms in total. The van der Waals surface area contributed by atoms with Crippen molar-refractivity contribution < 1.29 is 4.79 Å². The number of benzene rings is 1. The summed E-state index contributed by atoms with van der Waals surface area (Å²) in [5, 5.41) is 0. The van der Waals surface area contributed by atoms with Crippen molar-refractivity contribution in [2.75, 3.05) is 13.6 Å². The van der Waals surface area contributed by atoms with Crippen LogP contribution < -0.4 is 0 Å². The number of carbonyl (C=O) groups excluding carboxylic acids is 1. The van der Waals surface area contributed by atoms with E-state index < -0.39 is 0 Å². The second-order valence-corrected chi connectivity index (χ2v) is 6.09. The largest absolute Gasteiger partial charge is 0.302 e. The van der Waals surface area contributed by atoms with Crippen molar-refractivity contribution in [2.24, 2.45) is 0 Å². The molecule has 0 amide bonds. The van der Waals surface area contributed by atoms with Crippen molar-refractivity contribution >= 4 is 6.29 Å². The van der Waals surface area contributed by atoms with Crippen LogP contribution in [0, 0.1) is 0 Å². The smallest absolute Gasteiger partial charge is 0.142 e. The number of rotatable bonds is 1. The molecule has 0 aliphatic carbocycles.